The van der Waals surface area contributed by atoms with Crippen LogP contribution in [0.3, 0.4) is 0 Å². The number of nitrogens with two attached hydrogens (primary N) is 1. The normalized spacial score (nSPS) is 12.5. The molecule has 2 nitrogen and oxygen atoms in total. The molecule has 0 fully saturated rings. The zero-order valence-electron chi connectivity index (χ0n) is 11.9. The van der Waals surface area contributed by atoms with Gasteiger partial charge in [0.05, 0.1) is 5.52 Å². The van der Waals surface area contributed by atoms with Crippen LogP contribution in [0.2, 0.25) is 0 Å². The van der Waals surface area contributed by atoms with Gasteiger partial charge in [0.15, 0.2) is 0 Å². The van der Waals surface area contributed by atoms with E-state index in [1.165, 1.54) is 25.6 Å². The smallest absolute Gasteiger partial charge is 0.0704 e. The van der Waals surface area contributed by atoms with E-state index in [9.17, 15) is 0 Å². The van der Waals surface area contributed by atoms with Crippen LogP contribution in [0.25, 0.3) is 10.9 Å². The van der Waals surface area contributed by atoms with E-state index in [1.54, 1.807) is 0 Å². The van der Waals surface area contributed by atoms with Crippen molar-refractivity contribution in [1.29, 1.82) is 0 Å². The van der Waals surface area contributed by atoms with Crippen LogP contribution in [0.15, 0.2) is 54.7 Å². The maximum absolute atomic E-state index is 6.46. The Bertz CT molecular complexity index is 778. The number of hydrogen-bond donors (Lipinski definition) is 1. The van der Waals surface area contributed by atoms with Gasteiger partial charge in [0.2, 0.25) is 0 Å². The van der Waals surface area contributed by atoms with Gasteiger partial charge >= 0.3 is 0 Å². The van der Waals surface area contributed by atoms with Crippen molar-refractivity contribution >= 4 is 33.5 Å². The quantitative estimate of drug-likeness (QED) is 0.676. The molecule has 21 heavy (non-hydrogen) atoms. The molecule has 0 spiro atoms. The number of fused-ring (bicyclic) bond motifs is 1. The van der Waals surface area contributed by atoms with Crippen molar-refractivity contribution in [2.45, 2.75) is 19.4 Å². The molecule has 0 saturated heterocycles. The maximum atomic E-state index is 6.46. The lowest BCUT2D eigenvalue weighted by Crippen LogP contribution is -2.15. The van der Waals surface area contributed by atoms with Crippen LogP contribution >= 0.6 is 22.6 Å². The Morgan fingerprint density at radius 1 is 1.10 bits per heavy atom. The maximum Gasteiger partial charge on any atom is 0.0704 e. The van der Waals surface area contributed by atoms with E-state index < -0.39 is 0 Å². The van der Waals surface area contributed by atoms with Gasteiger partial charge in [-0.3, -0.25) is 4.98 Å². The molecule has 2 aromatic carbocycles. The Balaban J connectivity index is 1.97. The van der Waals surface area contributed by atoms with Gasteiger partial charge in [0, 0.05) is 21.2 Å². The van der Waals surface area contributed by atoms with Gasteiger partial charge < -0.3 is 5.73 Å². The van der Waals surface area contributed by atoms with E-state index in [2.05, 4.69) is 70.9 Å². The number of hydrogen-bond acceptors (Lipinski definition) is 2. The predicted octanol–water partition coefficient (Wildman–Crippen LogP) is 4.39. The lowest BCUT2D eigenvalue weighted by atomic mass is 9.96. The lowest BCUT2D eigenvalue weighted by Gasteiger charge is -2.16. The summed E-state index contributed by atoms with van der Waals surface area (Å²) in [6, 6.07) is 16.6. The Labute approximate surface area is 138 Å². The second-order valence-corrected chi connectivity index (χ2v) is 6.35. The minimum atomic E-state index is 0.00241. The molecule has 3 aromatic rings. The topological polar surface area (TPSA) is 38.9 Å². The van der Waals surface area contributed by atoms with Crippen LogP contribution < -0.4 is 5.73 Å². The van der Waals surface area contributed by atoms with E-state index in [1.807, 2.05) is 18.3 Å². The molecule has 0 aliphatic heterocycles. The Morgan fingerprint density at radius 2 is 1.90 bits per heavy atom. The number of benzene rings is 2. The van der Waals surface area contributed by atoms with E-state index in [-0.39, 0.29) is 6.04 Å². The van der Waals surface area contributed by atoms with Crippen molar-refractivity contribution in [3.63, 3.8) is 0 Å². The van der Waals surface area contributed by atoms with Crippen LogP contribution in [0, 0.1) is 10.5 Å². The van der Waals surface area contributed by atoms with Gasteiger partial charge in [0.1, 0.15) is 0 Å². The van der Waals surface area contributed by atoms with E-state index in [0.29, 0.717) is 0 Å². The van der Waals surface area contributed by atoms with Crippen molar-refractivity contribution in [1.82, 2.24) is 4.98 Å². The fourth-order valence-corrected chi connectivity index (χ4v) is 3.40. The van der Waals surface area contributed by atoms with Crippen molar-refractivity contribution < 1.29 is 0 Å². The van der Waals surface area contributed by atoms with Crippen LogP contribution in [-0.2, 0) is 6.42 Å². The van der Waals surface area contributed by atoms with Gasteiger partial charge in [-0.05, 0) is 64.8 Å². The minimum Gasteiger partial charge on any atom is -0.324 e. The molecule has 0 amide bonds. The predicted molar refractivity (Wildman–Crippen MR) is 96.3 cm³/mol. The Morgan fingerprint density at radius 3 is 2.76 bits per heavy atom. The van der Waals surface area contributed by atoms with E-state index in [4.69, 9.17) is 5.73 Å². The summed E-state index contributed by atoms with van der Waals surface area (Å²) in [6.45, 7) is 2.12. The molecule has 106 valence electrons. The molecule has 0 bridgehead atoms. The zero-order chi connectivity index (χ0) is 14.8. The van der Waals surface area contributed by atoms with Crippen molar-refractivity contribution in [3.05, 3.63) is 75.0 Å². The summed E-state index contributed by atoms with van der Waals surface area (Å²) in [5.74, 6) is 0. The number of aromatic nitrogens is 1. The molecule has 1 aromatic heterocycles. The molecular formula is C18H17IN2. The molecule has 0 radical (unpaired) electrons. The van der Waals surface area contributed by atoms with Crippen molar-refractivity contribution in [3.8, 4) is 0 Å². The summed E-state index contributed by atoms with van der Waals surface area (Å²) < 4.78 is 1.26. The van der Waals surface area contributed by atoms with Crippen LogP contribution in [0.4, 0.5) is 0 Å². The van der Waals surface area contributed by atoms with E-state index in [0.717, 1.165) is 11.9 Å². The summed E-state index contributed by atoms with van der Waals surface area (Å²) in [5.41, 5.74) is 11.2. The Kier molecular flexibility index (Phi) is 4.22. The average Bonchev–Trinajstić information content (AvgIpc) is 2.50. The highest BCUT2D eigenvalue weighted by Crippen LogP contribution is 2.26. The second-order valence-electron chi connectivity index (χ2n) is 5.28. The number of halogens is 1. The first-order valence-electron chi connectivity index (χ1n) is 7.00. The van der Waals surface area contributed by atoms with Crippen LogP contribution in [-0.4, -0.2) is 4.98 Å². The second kappa shape index (κ2) is 6.12. The van der Waals surface area contributed by atoms with Gasteiger partial charge in [0.25, 0.3) is 0 Å². The SMILES string of the molecule is Cc1cccc(C(N)Cc2ccnc3ccccc23)c1I. The number of aryl methyl sites for hydroxylation is 1. The summed E-state index contributed by atoms with van der Waals surface area (Å²) in [6.07, 6.45) is 2.69. The fraction of sp³-hybridized carbons (Fsp3) is 0.167. The molecule has 3 rings (SSSR count). The molecule has 0 aliphatic rings. The van der Waals surface area contributed by atoms with E-state index >= 15 is 0 Å². The highest BCUT2D eigenvalue weighted by molar-refractivity contribution is 14.1. The number of rotatable bonds is 3. The van der Waals surface area contributed by atoms with Crippen LogP contribution in [0.5, 0.6) is 0 Å². The molecule has 1 atom stereocenters. The van der Waals surface area contributed by atoms with Gasteiger partial charge in [-0.2, -0.15) is 0 Å². The van der Waals surface area contributed by atoms with Crippen LogP contribution in [0.1, 0.15) is 22.7 Å². The van der Waals surface area contributed by atoms with Crippen molar-refractivity contribution in [2.75, 3.05) is 0 Å². The molecule has 2 N–H and O–H groups in total. The third-order valence-electron chi connectivity index (χ3n) is 3.80. The first-order valence-corrected chi connectivity index (χ1v) is 8.08. The third kappa shape index (κ3) is 2.94. The molecular weight excluding hydrogens is 371 g/mol. The third-order valence-corrected chi connectivity index (χ3v) is 5.27. The van der Waals surface area contributed by atoms with Gasteiger partial charge in [-0.1, -0.05) is 36.4 Å². The minimum absolute atomic E-state index is 0.00241. The zero-order valence-corrected chi connectivity index (χ0v) is 14.0. The summed E-state index contributed by atoms with van der Waals surface area (Å²) in [4.78, 5) is 4.41. The highest BCUT2D eigenvalue weighted by atomic mass is 127. The Hall–Kier alpha value is -1.46. The molecule has 0 saturated carbocycles. The summed E-state index contributed by atoms with van der Waals surface area (Å²) >= 11 is 2.39. The monoisotopic (exact) mass is 388 g/mol. The number of para-hydroxylation sites is 1. The largest absolute Gasteiger partial charge is 0.324 e. The number of pyridine rings is 1. The number of nitrogens with zero attached hydrogens (tertiary/aromatic N) is 1. The summed E-state index contributed by atoms with van der Waals surface area (Å²) in [7, 11) is 0. The molecule has 0 aliphatic carbocycles. The fourth-order valence-electron chi connectivity index (χ4n) is 2.64. The van der Waals surface area contributed by atoms with Gasteiger partial charge in [-0.25, -0.2) is 0 Å². The average molecular weight is 388 g/mol. The molecule has 1 unspecified atom stereocenters. The first kappa shape index (κ1) is 14.5. The standard InChI is InChI=1S/C18H17IN2/c1-12-5-4-7-15(18(12)19)16(20)11-13-9-10-21-17-8-3-2-6-14(13)17/h2-10,16H,11,20H2,1H3. The highest BCUT2D eigenvalue weighted by Gasteiger charge is 2.13. The molecule has 3 heteroatoms. The lowest BCUT2D eigenvalue weighted by molar-refractivity contribution is 0.720. The first-order chi connectivity index (χ1) is 10.2. The summed E-state index contributed by atoms with van der Waals surface area (Å²) in [5, 5.41) is 1.19. The van der Waals surface area contributed by atoms with Crippen molar-refractivity contribution in [2.24, 2.45) is 5.73 Å². The van der Waals surface area contributed by atoms with Gasteiger partial charge in [-0.15, -0.1) is 0 Å². The molecule has 1 heterocycles.